The molecule has 0 aliphatic rings. The lowest BCUT2D eigenvalue weighted by atomic mass is 10.2. The molecule has 0 aliphatic carbocycles. The molecular weight excluding hydrogens is 304 g/mol. The molecule has 0 saturated heterocycles. The van der Waals surface area contributed by atoms with Gasteiger partial charge in [-0.05, 0) is 30.7 Å². The van der Waals surface area contributed by atoms with Crippen LogP contribution in [0.5, 0.6) is 11.5 Å². The van der Waals surface area contributed by atoms with Gasteiger partial charge in [0.2, 0.25) is 5.82 Å². The molecule has 0 aromatic heterocycles. The van der Waals surface area contributed by atoms with Gasteiger partial charge in [0.25, 0.3) is 0 Å². The lowest BCUT2D eigenvalue weighted by molar-refractivity contribution is 0.415. The van der Waals surface area contributed by atoms with Crippen LogP contribution in [0.4, 0.5) is 14.5 Å². The predicted octanol–water partition coefficient (Wildman–Crippen LogP) is 4.41. The SMILES string of the molecule is Cc1cccc(N)c1Oc1cc(Br)cc(F)c1F. The van der Waals surface area contributed by atoms with E-state index in [1.54, 1.807) is 25.1 Å². The highest BCUT2D eigenvalue weighted by Gasteiger charge is 2.14. The minimum absolute atomic E-state index is 0.206. The minimum atomic E-state index is -1.04. The number of hydrogen-bond acceptors (Lipinski definition) is 2. The van der Waals surface area contributed by atoms with Gasteiger partial charge in [-0.15, -0.1) is 0 Å². The van der Waals surface area contributed by atoms with E-state index in [-0.39, 0.29) is 5.75 Å². The van der Waals surface area contributed by atoms with Gasteiger partial charge in [0.05, 0.1) is 5.69 Å². The summed E-state index contributed by atoms with van der Waals surface area (Å²) < 4.78 is 32.6. The van der Waals surface area contributed by atoms with E-state index in [2.05, 4.69) is 15.9 Å². The monoisotopic (exact) mass is 313 g/mol. The molecule has 0 bridgehead atoms. The van der Waals surface area contributed by atoms with E-state index < -0.39 is 11.6 Å². The van der Waals surface area contributed by atoms with Crippen LogP contribution in [0, 0.1) is 18.6 Å². The van der Waals surface area contributed by atoms with Crippen LogP contribution in [0.2, 0.25) is 0 Å². The van der Waals surface area contributed by atoms with E-state index in [0.29, 0.717) is 15.9 Å². The molecule has 0 saturated carbocycles. The first-order valence-electron chi connectivity index (χ1n) is 5.16. The molecule has 2 aromatic rings. The molecule has 0 aliphatic heterocycles. The molecular formula is C13H10BrF2NO. The van der Waals surface area contributed by atoms with Crippen LogP contribution in [0.1, 0.15) is 5.56 Å². The van der Waals surface area contributed by atoms with Crippen LogP contribution < -0.4 is 10.5 Å². The van der Waals surface area contributed by atoms with E-state index in [9.17, 15) is 8.78 Å². The summed E-state index contributed by atoms with van der Waals surface area (Å²) in [5.74, 6) is -1.90. The molecule has 0 fully saturated rings. The summed E-state index contributed by atoms with van der Waals surface area (Å²) >= 11 is 3.08. The second kappa shape index (κ2) is 4.94. The highest BCUT2D eigenvalue weighted by Crippen LogP contribution is 2.34. The Hall–Kier alpha value is -1.62. The Morgan fingerprint density at radius 2 is 1.94 bits per heavy atom. The number of para-hydroxylation sites is 1. The number of benzene rings is 2. The number of nitrogens with two attached hydrogens (primary N) is 1. The maximum absolute atomic E-state index is 13.6. The third-order valence-corrected chi connectivity index (χ3v) is 2.87. The maximum Gasteiger partial charge on any atom is 0.201 e. The summed E-state index contributed by atoms with van der Waals surface area (Å²) in [5, 5.41) is 0. The van der Waals surface area contributed by atoms with E-state index in [4.69, 9.17) is 10.5 Å². The highest BCUT2D eigenvalue weighted by atomic mass is 79.9. The molecule has 2 N–H and O–H groups in total. The zero-order valence-corrected chi connectivity index (χ0v) is 11.1. The predicted molar refractivity (Wildman–Crippen MR) is 69.7 cm³/mol. The van der Waals surface area contributed by atoms with Crippen molar-refractivity contribution >= 4 is 21.6 Å². The molecule has 18 heavy (non-hydrogen) atoms. The van der Waals surface area contributed by atoms with Gasteiger partial charge in [-0.1, -0.05) is 28.1 Å². The van der Waals surface area contributed by atoms with E-state index in [0.717, 1.165) is 11.6 Å². The van der Waals surface area contributed by atoms with Gasteiger partial charge in [-0.25, -0.2) is 4.39 Å². The van der Waals surface area contributed by atoms with Gasteiger partial charge >= 0.3 is 0 Å². The van der Waals surface area contributed by atoms with Crippen molar-refractivity contribution in [3.63, 3.8) is 0 Å². The lowest BCUT2D eigenvalue weighted by Gasteiger charge is -2.12. The van der Waals surface area contributed by atoms with E-state index in [1.807, 2.05) is 0 Å². The third kappa shape index (κ3) is 2.46. The Morgan fingerprint density at radius 1 is 1.22 bits per heavy atom. The number of rotatable bonds is 2. The van der Waals surface area contributed by atoms with E-state index >= 15 is 0 Å². The molecule has 0 amide bonds. The molecule has 2 aromatic carbocycles. The Kier molecular flexibility index (Phi) is 3.52. The van der Waals surface area contributed by atoms with Crippen LogP contribution in [0.3, 0.4) is 0 Å². The second-order valence-corrected chi connectivity index (χ2v) is 4.71. The Balaban J connectivity index is 2.46. The fourth-order valence-electron chi connectivity index (χ4n) is 1.53. The summed E-state index contributed by atoms with van der Waals surface area (Å²) in [4.78, 5) is 0. The molecule has 2 rings (SSSR count). The van der Waals surface area contributed by atoms with Crippen LogP contribution in [-0.4, -0.2) is 0 Å². The molecule has 0 heterocycles. The third-order valence-electron chi connectivity index (χ3n) is 2.41. The normalized spacial score (nSPS) is 10.4. The zero-order valence-electron chi connectivity index (χ0n) is 9.51. The van der Waals surface area contributed by atoms with Crippen molar-refractivity contribution in [2.75, 3.05) is 5.73 Å². The fourth-order valence-corrected chi connectivity index (χ4v) is 1.94. The van der Waals surface area contributed by atoms with Gasteiger partial charge in [0.15, 0.2) is 17.3 Å². The van der Waals surface area contributed by atoms with Crippen molar-refractivity contribution < 1.29 is 13.5 Å². The standard InChI is InChI=1S/C13H10BrF2NO/c1-7-3-2-4-10(17)13(7)18-11-6-8(14)5-9(15)12(11)16/h2-6H,17H2,1H3. The van der Waals surface area contributed by atoms with Gasteiger partial charge in [-0.2, -0.15) is 4.39 Å². The molecule has 0 spiro atoms. The van der Waals surface area contributed by atoms with Crippen molar-refractivity contribution in [2.45, 2.75) is 6.92 Å². The molecule has 0 atom stereocenters. The summed E-state index contributed by atoms with van der Waals surface area (Å²) in [5.41, 5.74) is 6.86. The lowest BCUT2D eigenvalue weighted by Crippen LogP contribution is -1.97. The quantitative estimate of drug-likeness (QED) is 0.658. The highest BCUT2D eigenvalue weighted by molar-refractivity contribution is 9.10. The summed E-state index contributed by atoms with van der Waals surface area (Å²) in [6.07, 6.45) is 0. The number of ether oxygens (including phenoxy) is 1. The van der Waals surface area contributed by atoms with Crippen LogP contribution in [-0.2, 0) is 0 Å². The first-order valence-corrected chi connectivity index (χ1v) is 5.96. The maximum atomic E-state index is 13.6. The topological polar surface area (TPSA) is 35.2 Å². The van der Waals surface area contributed by atoms with Crippen molar-refractivity contribution in [1.29, 1.82) is 0 Å². The Morgan fingerprint density at radius 3 is 2.61 bits per heavy atom. The number of anilines is 1. The largest absolute Gasteiger partial charge is 0.452 e. The number of halogens is 3. The summed E-state index contributed by atoms with van der Waals surface area (Å²) in [6, 6.07) is 7.55. The average Bonchev–Trinajstić information content (AvgIpc) is 2.30. The van der Waals surface area contributed by atoms with Crippen LogP contribution in [0.25, 0.3) is 0 Å². The molecule has 2 nitrogen and oxygen atoms in total. The van der Waals surface area contributed by atoms with Gasteiger partial charge in [-0.3, -0.25) is 0 Å². The zero-order chi connectivity index (χ0) is 13.3. The van der Waals surface area contributed by atoms with Gasteiger partial charge < -0.3 is 10.5 Å². The van der Waals surface area contributed by atoms with Crippen LogP contribution in [0.15, 0.2) is 34.8 Å². The number of aryl methyl sites for hydroxylation is 1. The minimum Gasteiger partial charge on any atom is -0.452 e. The summed E-state index contributed by atoms with van der Waals surface area (Å²) in [6.45, 7) is 1.78. The fraction of sp³-hybridized carbons (Fsp3) is 0.0769. The second-order valence-electron chi connectivity index (χ2n) is 3.80. The van der Waals surface area contributed by atoms with Crippen molar-refractivity contribution in [3.05, 3.63) is 52.0 Å². The Bertz CT molecular complexity index is 582. The molecule has 5 heteroatoms. The van der Waals surface area contributed by atoms with Crippen molar-refractivity contribution in [3.8, 4) is 11.5 Å². The van der Waals surface area contributed by atoms with Gasteiger partial charge in [0.1, 0.15) is 0 Å². The number of hydrogen-bond donors (Lipinski definition) is 1. The van der Waals surface area contributed by atoms with E-state index in [1.165, 1.54) is 6.07 Å². The average molecular weight is 314 g/mol. The van der Waals surface area contributed by atoms with Gasteiger partial charge in [0, 0.05) is 4.47 Å². The number of nitrogen functional groups attached to an aromatic ring is 1. The first kappa shape index (κ1) is 12.8. The van der Waals surface area contributed by atoms with Crippen LogP contribution >= 0.6 is 15.9 Å². The molecule has 0 radical (unpaired) electrons. The van der Waals surface area contributed by atoms with Crippen molar-refractivity contribution in [2.24, 2.45) is 0 Å². The van der Waals surface area contributed by atoms with Crippen molar-refractivity contribution in [1.82, 2.24) is 0 Å². The first-order chi connectivity index (χ1) is 8.49. The molecule has 94 valence electrons. The smallest absolute Gasteiger partial charge is 0.201 e. The Labute approximate surface area is 112 Å². The summed E-state index contributed by atoms with van der Waals surface area (Å²) in [7, 11) is 0. The molecule has 0 unspecified atom stereocenters.